The minimum atomic E-state index is -1.38. The van der Waals surface area contributed by atoms with Gasteiger partial charge in [0.2, 0.25) is 29.5 Å². The van der Waals surface area contributed by atoms with Crippen LogP contribution in [0.4, 0.5) is 15.3 Å². The van der Waals surface area contributed by atoms with E-state index < -0.39 is 30.0 Å². The van der Waals surface area contributed by atoms with E-state index >= 15 is 0 Å². The molecule has 2 rings (SSSR count). The van der Waals surface area contributed by atoms with Crippen molar-refractivity contribution in [2.75, 3.05) is 25.0 Å². The Morgan fingerprint density at radius 3 is 2.06 bits per heavy atom. The van der Waals surface area contributed by atoms with Gasteiger partial charge in [0.15, 0.2) is 0 Å². The summed E-state index contributed by atoms with van der Waals surface area (Å²) in [5.41, 5.74) is 5.80. The molecule has 15 nitrogen and oxygen atoms in total. The molecule has 0 bridgehead atoms. The second-order valence-electron chi connectivity index (χ2n) is 13.2. The van der Waals surface area contributed by atoms with Crippen LogP contribution in [0.3, 0.4) is 0 Å². The maximum absolute atomic E-state index is 12.7. The van der Waals surface area contributed by atoms with Gasteiger partial charge in [0.25, 0.3) is 0 Å². The van der Waals surface area contributed by atoms with Crippen LogP contribution >= 0.6 is 11.8 Å². The fourth-order valence-corrected chi connectivity index (χ4v) is 6.03. The van der Waals surface area contributed by atoms with Gasteiger partial charge in [-0.25, -0.2) is 9.59 Å². The number of imide groups is 1. The number of anilines is 1. The van der Waals surface area contributed by atoms with Crippen molar-refractivity contribution in [2.45, 2.75) is 136 Å². The number of nitrogens with two attached hydrogens (primary N) is 1. The van der Waals surface area contributed by atoms with Gasteiger partial charge in [0.1, 0.15) is 12.6 Å². The number of hydrogen-bond donors (Lipinski definition) is 6. The molecule has 1 aliphatic heterocycles. The number of primary amides is 1. The van der Waals surface area contributed by atoms with Crippen LogP contribution in [0.5, 0.6) is 0 Å². The third kappa shape index (κ3) is 22.7. The Kier molecular flexibility index (Phi) is 26.7. The van der Waals surface area contributed by atoms with Gasteiger partial charge < -0.3 is 36.8 Å². The van der Waals surface area contributed by atoms with E-state index in [0.29, 0.717) is 48.9 Å². The first-order valence-corrected chi connectivity index (χ1v) is 19.9. The molecule has 7 amide bonds. The van der Waals surface area contributed by atoms with E-state index in [2.05, 4.69) is 46.8 Å². The first-order valence-electron chi connectivity index (χ1n) is 18.9. The number of hydrogen-bond acceptors (Lipinski definition) is 9. The molecule has 0 aliphatic carbocycles. The van der Waals surface area contributed by atoms with Crippen molar-refractivity contribution in [3.63, 3.8) is 0 Å². The Morgan fingerprint density at radius 2 is 1.56 bits per heavy atom. The number of ether oxygens (including phenoxy) is 1. The monoisotopic (exact) mass is 780 g/mol. The van der Waals surface area contributed by atoms with Crippen LogP contribution in [0.2, 0.25) is 0 Å². The summed E-state index contributed by atoms with van der Waals surface area (Å²) in [6.07, 6.45) is 6.81. The molecule has 7 N–H and O–H groups in total. The molecular formula is C38H64N6O9S. The van der Waals surface area contributed by atoms with Crippen molar-refractivity contribution < 1.29 is 43.4 Å². The van der Waals surface area contributed by atoms with Gasteiger partial charge in [-0.15, -0.1) is 11.8 Å². The zero-order valence-corrected chi connectivity index (χ0v) is 34.0. The number of nitrogens with one attached hydrogen (secondary N) is 4. The number of rotatable bonds is 21. The number of carbonyl (C=O) groups is 7. The third-order valence-electron chi connectivity index (χ3n) is 8.00. The Balaban J connectivity index is 0.00000201. The number of nitrogens with zero attached hydrogens (tertiary/aromatic N) is 1. The van der Waals surface area contributed by atoms with Crippen LogP contribution in [-0.4, -0.2) is 87.9 Å². The zero-order valence-electron chi connectivity index (χ0n) is 33.2. The number of amides is 7. The van der Waals surface area contributed by atoms with E-state index in [1.165, 1.54) is 24.2 Å². The van der Waals surface area contributed by atoms with Gasteiger partial charge >= 0.3 is 12.2 Å². The quantitative estimate of drug-likeness (QED) is 0.0517. The van der Waals surface area contributed by atoms with E-state index in [-0.39, 0.29) is 54.9 Å². The molecule has 1 aromatic carbocycles. The molecule has 0 aromatic heterocycles. The smallest absolute Gasteiger partial charge is 0.450 e. The van der Waals surface area contributed by atoms with Crippen LogP contribution in [0.1, 0.15) is 118 Å². The van der Waals surface area contributed by atoms with Gasteiger partial charge in [0.05, 0.1) is 11.8 Å². The summed E-state index contributed by atoms with van der Waals surface area (Å²) >= 11 is 1.55. The molecule has 1 fully saturated rings. The van der Waals surface area contributed by atoms with Crippen molar-refractivity contribution in [1.82, 2.24) is 20.9 Å². The van der Waals surface area contributed by atoms with Crippen molar-refractivity contribution in [1.29, 1.82) is 0 Å². The molecule has 1 aromatic rings. The van der Waals surface area contributed by atoms with Gasteiger partial charge in [-0.3, -0.25) is 28.9 Å². The standard InChI is InChI=1S/C29H42N4O8S.C5H12.C4H10N2O/c1-5-19(4)42-22-15-25(36)33(28(22)38)14-8-6-7-9-23(34)32-26(18(2)3)27(37)30-16-24(35)31-21-12-10-20(11-13-21)17-41-29(39)40;1-3-5-4-2;1-2-3-6-4(5)7/h10-13,18-19,22,26H,5-9,14-17H2,1-4H3,(H,30,37)(H,31,35)(H,32,34)(H,39,40);3-5H2,1-2H3;2-3H2,1H3,(H3,5,6,7). The van der Waals surface area contributed by atoms with Crippen LogP contribution < -0.4 is 27.0 Å². The molecule has 3 unspecified atom stereocenters. The summed E-state index contributed by atoms with van der Waals surface area (Å²) in [5.74, 6) is -1.72. The number of thioether (sulfide) groups is 1. The first kappa shape index (κ1) is 49.7. The van der Waals surface area contributed by atoms with Crippen molar-refractivity contribution >= 4 is 59.2 Å². The van der Waals surface area contributed by atoms with Gasteiger partial charge in [0, 0.05) is 36.9 Å². The Hall–Kier alpha value is -4.34. The number of carbonyl (C=O) groups excluding carboxylic acids is 6. The largest absolute Gasteiger partial charge is 0.506 e. The Morgan fingerprint density at radius 1 is 0.907 bits per heavy atom. The lowest BCUT2D eigenvalue weighted by Gasteiger charge is -2.21. The minimum absolute atomic E-state index is 0.110. The molecule has 0 saturated carbocycles. The molecule has 1 heterocycles. The summed E-state index contributed by atoms with van der Waals surface area (Å²) in [6, 6.07) is 5.12. The van der Waals surface area contributed by atoms with E-state index in [9.17, 15) is 33.6 Å². The normalized spacial score (nSPS) is 14.4. The highest BCUT2D eigenvalue weighted by Gasteiger charge is 2.39. The predicted molar refractivity (Wildman–Crippen MR) is 212 cm³/mol. The Labute approximate surface area is 325 Å². The fraction of sp³-hybridized carbons (Fsp3) is 0.658. The summed E-state index contributed by atoms with van der Waals surface area (Å²) in [5, 5.41) is 18.9. The average Bonchev–Trinajstić information content (AvgIpc) is 3.39. The summed E-state index contributed by atoms with van der Waals surface area (Å²) in [6.45, 7) is 14.7. The van der Waals surface area contributed by atoms with Crippen LogP contribution in [0.25, 0.3) is 0 Å². The predicted octanol–water partition coefficient (Wildman–Crippen LogP) is 5.56. The highest BCUT2D eigenvalue weighted by Crippen LogP contribution is 2.29. The van der Waals surface area contributed by atoms with E-state index in [4.69, 9.17) is 10.8 Å². The number of urea groups is 1. The lowest BCUT2D eigenvalue weighted by Crippen LogP contribution is -2.51. The number of unbranched alkanes of at least 4 members (excludes halogenated alkanes) is 4. The lowest BCUT2D eigenvalue weighted by molar-refractivity contribution is -0.138. The summed E-state index contributed by atoms with van der Waals surface area (Å²) in [7, 11) is 0. The molecule has 0 radical (unpaired) electrons. The van der Waals surface area contributed by atoms with E-state index in [1.807, 2.05) is 13.8 Å². The van der Waals surface area contributed by atoms with E-state index in [1.54, 1.807) is 49.9 Å². The molecule has 54 heavy (non-hydrogen) atoms. The van der Waals surface area contributed by atoms with Gasteiger partial charge in [-0.05, 0) is 49.3 Å². The Bertz CT molecular complexity index is 1310. The fourth-order valence-electron chi connectivity index (χ4n) is 4.80. The van der Waals surface area contributed by atoms with Gasteiger partial charge in [-0.1, -0.05) is 86.3 Å². The lowest BCUT2D eigenvalue weighted by atomic mass is 10.0. The highest BCUT2D eigenvalue weighted by atomic mass is 32.2. The molecule has 1 saturated heterocycles. The molecule has 3 atom stereocenters. The summed E-state index contributed by atoms with van der Waals surface area (Å²) < 4.78 is 4.48. The molecule has 0 spiro atoms. The average molecular weight is 781 g/mol. The van der Waals surface area contributed by atoms with Crippen LogP contribution in [0, 0.1) is 5.92 Å². The second-order valence-corrected chi connectivity index (χ2v) is 14.8. The number of benzene rings is 1. The van der Waals surface area contributed by atoms with Gasteiger partial charge in [-0.2, -0.15) is 0 Å². The van der Waals surface area contributed by atoms with E-state index in [0.717, 1.165) is 12.8 Å². The van der Waals surface area contributed by atoms with Crippen LogP contribution in [0.15, 0.2) is 24.3 Å². The summed E-state index contributed by atoms with van der Waals surface area (Å²) in [4.78, 5) is 84.0. The van der Waals surface area contributed by atoms with Crippen molar-refractivity contribution in [3.8, 4) is 0 Å². The minimum Gasteiger partial charge on any atom is -0.450 e. The first-order chi connectivity index (χ1) is 25.6. The van der Waals surface area contributed by atoms with Crippen molar-refractivity contribution in [3.05, 3.63) is 29.8 Å². The molecule has 16 heteroatoms. The highest BCUT2D eigenvalue weighted by molar-refractivity contribution is 8.01. The number of carboxylic acid groups (broad SMARTS) is 1. The SMILES string of the molecule is CCC(C)SC1CC(=O)N(CCCCCC(=O)NC(C(=O)NCC(=O)Nc2ccc(COC(=O)O)cc2)C(C)C)C1=O.CCCCC.CCCNC(N)=O. The zero-order chi connectivity index (χ0) is 41.1. The maximum atomic E-state index is 12.7. The number of likely N-dealkylation sites (tertiary alicyclic amines) is 1. The van der Waals surface area contributed by atoms with Crippen LogP contribution in [-0.2, 0) is 35.3 Å². The molecular weight excluding hydrogens is 717 g/mol. The van der Waals surface area contributed by atoms with Crippen molar-refractivity contribution in [2.24, 2.45) is 11.7 Å². The molecule has 1 aliphatic rings. The second kappa shape index (κ2) is 29.1. The maximum Gasteiger partial charge on any atom is 0.506 e. The third-order valence-corrected chi connectivity index (χ3v) is 9.50. The molecule has 306 valence electrons. The topological polar surface area (TPSA) is 226 Å².